The minimum atomic E-state index is 0.125. The van der Waals surface area contributed by atoms with Gasteiger partial charge in [0, 0.05) is 13.1 Å². The fourth-order valence-corrected chi connectivity index (χ4v) is 3.34. The summed E-state index contributed by atoms with van der Waals surface area (Å²) in [7, 11) is 0. The van der Waals surface area contributed by atoms with Crippen LogP contribution in [0.2, 0.25) is 0 Å². The maximum absolute atomic E-state index is 12.0. The average molecular weight is 379 g/mol. The molecule has 3 heteroatoms. The molecule has 0 atom stereocenters. The summed E-state index contributed by atoms with van der Waals surface area (Å²) in [4.78, 5) is 13.8. The molecular weight excluding hydrogens is 332 g/mol. The number of nitrogens with zero attached hydrogens (tertiary/aromatic N) is 1. The van der Waals surface area contributed by atoms with Gasteiger partial charge in [0.25, 0.3) is 0 Å². The molecule has 1 amide bonds. The number of carbonyl (C=O) groups is 1. The summed E-state index contributed by atoms with van der Waals surface area (Å²) >= 11 is 0. The first kappa shape index (κ1) is 25.9. The second-order valence-electron chi connectivity index (χ2n) is 7.65. The molecule has 158 valence electrons. The van der Waals surface area contributed by atoms with Gasteiger partial charge in [0.05, 0.1) is 6.54 Å². The predicted octanol–water partition coefficient (Wildman–Crippen LogP) is 6.26. The van der Waals surface area contributed by atoms with Gasteiger partial charge >= 0.3 is 0 Å². The molecule has 3 nitrogen and oxygen atoms in total. The number of amides is 1. The van der Waals surface area contributed by atoms with Gasteiger partial charge in [-0.15, -0.1) is 13.2 Å². The molecule has 0 heterocycles. The van der Waals surface area contributed by atoms with Crippen molar-refractivity contribution in [3.63, 3.8) is 0 Å². The van der Waals surface area contributed by atoms with E-state index in [0.29, 0.717) is 19.6 Å². The van der Waals surface area contributed by atoms with Crippen LogP contribution in [0, 0.1) is 0 Å². The topological polar surface area (TPSA) is 32.3 Å². The minimum absolute atomic E-state index is 0.125. The third-order valence-electron chi connectivity index (χ3n) is 5.04. The number of carbonyl (C=O) groups excluding carboxylic acids is 1. The Kier molecular flexibility index (Phi) is 20.4. The standard InChI is InChI=1S/C24H46N2O/c1-4-7-8-9-10-11-12-13-14-15-16-17-18-19-20-25-23-24(27)26(21-5-2)22-6-3/h5-6,25H,2-4,7-23H2,1H3. The highest BCUT2D eigenvalue weighted by Crippen LogP contribution is 2.12. The predicted molar refractivity (Wildman–Crippen MR) is 120 cm³/mol. The van der Waals surface area contributed by atoms with E-state index in [1.54, 1.807) is 17.1 Å². The summed E-state index contributed by atoms with van der Waals surface area (Å²) in [5.41, 5.74) is 0. The van der Waals surface area contributed by atoms with E-state index < -0.39 is 0 Å². The SMILES string of the molecule is C=CCN(CC=C)C(=O)CNCCCCCCCCCCCCCCCC. The number of hydrogen-bond acceptors (Lipinski definition) is 2. The van der Waals surface area contributed by atoms with Crippen LogP contribution < -0.4 is 5.32 Å². The van der Waals surface area contributed by atoms with E-state index in [4.69, 9.17) is 0 Å². The molecule has 0 aromatic heterocycles. The Balaban J connectivity index is 3.29. The Morgan fingerprint density at radius 2 is 1.15 bits per heavy atom. The van der Waals surface area contributed by atoms with Gasteiger partial charge in [-0.25, -0.2) is 0 Å². The van der Waals surface area contributed by atoms with Gasteiger partial charge in [-0.3, -0.25) is 4.79 Å². The number of nitrogens with one attached hydrogen (secondary N) is 1. The Hall–Kier alpha value is -1.09. The van der Waals surface area contributed by atoms with Gasteiger partial charge in [-0.1, -0.05) is 103 Å². The molecule has 0 aliphatic heterocycles. The third kappa shape index (κ3) is 18.1. The zero-order valence-corrected chi connectivity index (χ0v) is 18.2. The van der Waals surface area contributed by atoms with Gasteiger partial charge in [0.15, 0.2) is 0 Å². The van der Waals surface area contributed by atoms with Crippen LogP contribution in [0.25, 0.3) is 0 Å². The van der Waals surface area contributed by atoms with E-state index in [9.17, 15) is 4.79 Å². The Morgan fingerprint density at radius 3 is 1.56 bits per heavy atom. The molecule has 0 aromatic carbocycles. The molecule has 27 heavy (non-hydrogen) atoms. The van der Waals surface area contributed by atoms with Crippen molar-refractivity contribution in [1.82, 2.24) is 10.2 Å². The van der Waals surface area contributed by atoms with Crippen molar-refractivity contribution in [1.29, 1.82) is 0 Å². The first-order chi connectivity index (χ1) is 13.3. The van der Waals surface area contributed by atoms with Crippen LogP contribution >= 0.6 is 0 Å². The van der Waals surface area contributed by atoms with Crippen molar-refractivity contribution in [2.75, 3.05) is 26.2 Å². The molecule has 0 unspecified atom stereocenters. The summed E-state index contributed by atoms with van der Waals surface area (Å²) < 4.78 is 0. The van der Waals surface area contributed by atoms with Crippen LogP contribution in [0.15, 0.2) is 25.3 Å². The molecule has 0 saturated carbocycles. The lowest BCUT2D eigenvalue weighted by molar-refractivity contribution is -0.129. The molecule has 0 aliphatic rings. The molecule has 0 saturated heterocycles. The van der Waals surface area contributed by atoms with Crippen LogP contribution in [-0.2, 0) is 4.79 Å². The van der Waals surface area contributed by atoms with E-state index in [-0.39, 0.29) is 5.91 Å². The molecule has 0 aromatic rings. The summed E-state index contributed by atoms with van der Waals surface area (Å²) in [5.74, 6) is 0.125. The maximum Gasteiger partial charge on any atom is 0.237 e. The third-order valence-corrected chi connectivity index (χ3v) is 5.04. The first-order valence-corrected chi connectivity index (χ1v) is 11.5. The van der Waals surface area contributed by atoms with Crippen LogP contribution in [0.4, 0.5) is 0 Å². The lowest BCUT2D eigenvalue weighted by Gasteiger charge is -2.19. The van der Waals surface area contributed by atoms with Gasteiger partial charge in [0.2, 0.25) is 5.91 Å². The van der Waals surface area contributed by atoms with Crippen LogP contribution in [0.3, 0.4) is 0 Å². The van der Waals surface area contributed by atoms with Crippen molar-refractivity contribution < 1.29 is 4.79 Å². The van der Waals surface area contributed by atoms with Crippen LogP contribution in [0.1, 0.15) is 96.8 Å². The second kappa shape index (κ2) is 21.2. The molecule has 0 bridgehead atoms. The summed E-state index contributed by atoms with van der Waals surface area (Å²) in [5, 5.41) is 3.27. The second-order valence-corrected chi connectivity index (χ2v) is 7.65. The van der Waals surface area contributed by atoms with Crippen molar-refractivity contribution in [2.45, 2.75) is 96.8 Å². The molecule has 0 rings (SSSR count). The highest BCUT2D eigenvalue weighted by molar-refractivity contribution is 5.78. The smallest absolute Gasteiger partial charge is 0.237 e. The van der Waals surface area contributed by atoms with E-state index in [1.807, 2.05) is 0 Å². The first-order valence-electron chi connectivity index (χ1n) is 11.5. The zero-order valence-electron chi connectivity index (χ0n) is 18.2. The number of rotatable bonds is 21. The Bertz CT molecular complexity index is 344. The van der Waals surface area contributed by atoms with Crippen molar-refractivity contribution in [3.8, 4) is 0 Å². The lowest BCUT2D eigenvalue weighted by atomic mass is 10.0. The summed E-state index contributed by atoms with van der Waals surface area (Å²) in [6.07, 6.45) is 22.8. The van der Waals surface area contributed by atoms with E-state index >= 15 is 0 Å². The number of hydrogen-bond donors (Lipinski definition) is 1. The lowest BCUT2D eigenvalue weighted by Crippen LogP contribution is -2.38. The molecule has 0 aliphatic carbocycles. The average Bonchev–Trinajstić information content (AvgIpc) is 2.67. The van der Waals surface area contributed by atoms with Crippen molar-refractivity contribution in [3.05, 3.63) is 25.3 Å². The highest BCUT2D eigenvalue weighted by Gasteiger charge is 2.09. The summed E-state index contributed by atoms with van der Waals surface area (Å²) in [6, 6.07) is 0. The van der Waals surface area contributed by atoms with Crippen molar-refractivity contribution >= 4 is 5.91 Å². The van der Waals surface area contributed by atoms with Crippen molar-refractivity contribution in [2.24, 2.45) is 0 Å². The maximum atomic E-state index is 12.0. The van der Waals surface area contributed by atoms with Gasteiger partial charge < -0.3 is 10.2 Å². The molecular formula is C24H46N2O. The van der Waals surface area contributed by atoms with Gasteiger partial charge in [-0.2, -0.15) is 0 Å². The quantitative estimate of drug-likeness (QED) is 0.189. The summed E-state index contributed by atoms with van der Waals surface area (Å²) in [6.45, 7) is 12.2. The minimum Gasteiger partial charge on any atom is -0.334 e. The van der Waals surface area contributed by atoms with Gasteiger partial charge in [0.1, 0.15) is 0 Å². The van der Waals surface area contributed by atoms with E-state index in [0.717, 1.165) is 13.0 Å². The molecule has 0 fully saturated rings. The fraction of sp³-hybridized carbons (Fsp3) is 0.792. The van der Waals surface area contributed by atoms with Crippen LogP contribution in [0.5, 0.6) is 0 Å². The molecule has 1 N–H and O–H groups in total. The molecule has 0 spiro atoms. The highest BCUT2D eigenvalue weighted by atomic mass is 16.2. The fourth-order valence-electron chi connectivity index (χ4n) is 3.34. The monoisotopic (exact) mass is 378 g/mol. The zero-order chi connectivity index (χ0) is 20.0. The van der Waals surface area contributed by atoms with Crippen LogP contribution in [-0.4, -0.2) is 37.0 Å². The number of unbranched alkanes of at least 4 members (excludes halogenated alkanes) is 13. The normalized spacial score (nSPS) is 10.7. The largest absolute Gasteiger partial charge is 0.334 e. The van der Waals surface area contributed by atoms with E-state index in [2.05, 4.69) is 25.4 Å². The van der Waals surface area contributed by atoms with Gasteiger partial charge in [-0.05, 0) is 13.0 Å². The van der Waals surface area contributed by atoms with E-state index in [1.165, 1.54) is 83.5 Å². The Labute approximate surface area is 169 Å². The molecule has 0 radical (unpaired) electrons. The Morgan fingerprint density at radius 1 is 0.741 bits per heavy atom.